The number of para-hydroxylation sites is 1. The fourth-order valence-corrected chi connectivity index (χ4v) is 3.25. The molecule has 2 N–H and O–H groups in total. The van der Waals surface area contributed by atoms with Crippen molar-refractivity contribution in [2.24, 2.45) is 0 Å². The van der Waals surface area contributed by atoms with E-state index in [1.165, 1.54) is 0 Å². The second-order valence-electron chi connectivity index (χ2n) is 7.45. The summed E-state index contributed by atoms with van der Waals surface area (Å²) in [6.45, 7) is 4.02. The highest BCUT2D eigenvalue weighted by Gasteiger charge is 2.20. The molecule has 0 bridgehead atoms. The second kappa shape index (κ2) is 10.5. The van der Waals surface area contributed by atoms with E-state index in [9.17, 15) is 14.7 Å². The van der Waals surface area contributed by atoms with Crippen molar-refractivity contribution in [2.45, 2.75) is 45.6 Å². The average Bonchev–Trinajstić information content (AvgIpc) is 2.75. The second-order valence-corrected chi connectivity index (χ2v) is 7.45. The summed E-state index contributed by atoms with van der Waals surface area (Å²) < 4.78 is 10.8. The number of carboxylic acid groups (broad SMARTS) is 1. The van der Waals surface area contributed by atoms with Gasteiger partial charge in [-0.3, -0.25) is 4.98 Å². The highest BCUT2D eigenvalue weighted by Crippen LogP contribution is 2.17. The van der Waals surface area contributed by atoms with E-state index in [2.05, 4.69) is 10.3 Å². The summed E-state index contributed by atoms with van der Waals surface area (Å²) in [4.78, 5) is 27.9. The Morgan fingerprint density at radius 2 is 1.84 bits per heavy atom. The molecule has 3 aromatic rings. The lowest BCUT2D eigenvalue weighted by atomic mass is 10.0. The van der Waals surface area contributed by atoms with Crippen molar-refractivity contribution >= 4 is 23.0 Å². The molecule has 0 spiro atoms. The third-order valence-electron chi connectivity index (χ3n) is 4.66. The average molecular weight is 422 g/mol. The summed E-state index contributed by atoms with van der Waals surface area (Å²) in [5, 5.41) is 13.0. The van der Waals surface area contributed by atoms with Crippen molar-refractivity contribution in [3.05, 3.63) is 77.5 Å². The van der Waals surface area contributed by atoms with Crippen molar-refractivity contribution in [3.8, 4) is 0 Å². The topological polar surface area (TPSA) is 97.8 Å². The summed E-state index contributed by atoms with van der Waals surface area (Å²) in [5.74, 6) is -0.996. The molecule has 7 nitrogen and oxygen atoms in total. The van der Waals surface area contributed by atoms with Gasteiger partial charge in [0, 0.05) is 30.1 Å². The molecular weight excluding hydrogens is 396 g/mol. The van der Waals surface area contributed by atoms with Crippen molar-refractivity contribution in [2.75, 3.05) is 0 Å². The number of aromatic nitrogens is 1. The summed E-state index contributed by atoms with van der Waals surface area (Å²) in [7, 11) is 0. The predicted octanol–water partition coefficient (Wildman–Crippen LogP) is 4.08. The van der Waals surface area contributed by atoms with Crippen molar-refractivity contribution in [1.82, 2.24) is 10.3 Å². The van der Waals surface area contributed by atoms with Gasteiger partial charge < -0.3 is 19.9 Å². The maximum absolute atomic E-state index is 12.2. The number of carbonyl (C=O) groups excluding carboxylic acids is 1. The van der Waals surface area contributed by atoms with E-state index in [4.69, 9.17) is 9.47 Å². The number of rotatable bonds is 9. The van der Waals surface area contributed by atoms with Gasteiger partial charge in [0.05, 0.1) is 11.6 Å². The normalized spacial score (nSPS) is 12.0. The number of aliphatic carboxylic acids is 1. The first-order valence-electron chi connectivity index (χ1n) is 10.1. The number of amides is 1. The number of carbonyl (C=O) groups is 2. The molecular formula is C24H26N2O5. The van der Waals surface area contributed by atoms with Gasteiger partial charge in [-0.1, -0.05) is 42.5 Å². The van der Waals surface area contributed by atoms with E-state index in [0.717, 1.165) is 27.6 Å². The van der Waals surface area contributed by atoms with Crippen LogP contribution in [-0.4, -0.2) is 34.4 Å². The Hall–Kier alpha value is -3.45. The third-order valence-corrected chi connectivity index (χ3v) is 4.66. The monoisotopic (exact) mass is 422 g/mol. The molecule has 3 rings (SSSR count). The summed E-state index contributed by atoms with van der Waals surface area (Å²) in [5.41, 5.74) is 3.40. The molecule has 1 aromatic heterocycles. The van der Waals surface area contributed by atoms with E-state index in [1.807, 2.05) is 54.6 Å². The van der Waals surface area contributed by atoms with Gasteiger partial charge in [-0.05, 0) is 37.1 Å². The van der Waals surface area contributed by atoms with Crippen LogP contribution in [0, 0.1) is 0 Å². The van der Waals surface area contributed by atoms with Crippen LogP contribution in [0.4, 0.5) is 4.79 Å². The minimum Gasteiger partial charge on any atom is -0.479 e. The summed E-state index contributed by atoms with van der Waals surface area (Å²) in [6, 6.07) is 16.9. The highest BCUT2D eigenvalue weighted by molar-refractivity contribution is 5.82. The minimum absolute atomic E-state index is 0.141. The standard InChI is InChI=1S/C24H26N2O5/c1-16(2)31-22(23(27)28)13-17-6-5-7-18(12-17)14-26-24(29)30-15-19-10-11-25-21-9-4-3-8-20(19)21/h3-12,16,22H,13-15H2,1-2H3,(H,26,29)(H,27,28). The Kier molecular flexibility index (Phi) is 7.56. The van der Waals surface area contributed by atoms with Crippen LogP contribution < -0.4 is 5.32 Å². The summed E-state index contributed by atoms with van der Waals surface area (Å²) >= 11 is 0. The van der Waals surface area contributed by atoms with Crippen LogP contribution in [0.1, 0.15) is 30.5 Å². The maximum Gasteiger partial charge on any atom is 0.407 e. The lowest BCUT2D eigenvalue weighted by Crippen LogP contribution is -2.29. The lowest BCUT2D eigenvalue weighted by Gasteiger charge is -2.17. The minimum atomic E-state index is -0.996. The molecule has 0 radical (unpaired) electrons. The van der Waals surface area contributed by atoms with Crippen LogP contribution in [0.15, 0.2) is 60.8 Å². The predicted molar refractivity (Wildman–Crippen MR) is 117 cm³/mol. The van der Waals surface area contributed by atoms with Crippen LogP contribution in [0.2, 0.25) is 0 Å². The quantitative estimate of drug-likeness (QED) is 0.539. The Labute approximate surface area is 181 Å². The fraction of sp³-hybridized carbons (Fsp3) is 0.292. The van der Waals surface area contributed by atoms with Gasteiger partial charge in [-0.25, -0.2) is 9.59 Å². The van der Waals surface area contributed by atoms with Gasteiger partial charge in [-0.15, -0.1) is 0 Å². The van der Waals surface area contributed by atoms with Gasteiger partial charge >= 0.3 is 12.1 Å². The molecule has 7 heteroatoms. The first kappa shape index (κ1) is 22.2. The first-order valence-corrected chi connectivity index (χ1v) is 10.1. The number of carboxylic acids is 1. The highest BCUT2D eigenvalue weighted by atomic mass is 16.5. The molecule has 1 atom stereocenters. The number of alkyl carbamates (subject to hydrolysis) is 1. The van der Waals surface area contributed by atoms with Gasteiger partial charge in [-0.2, -0.15) is 0 Å². The Bertz CT molecular complexity index is 1050. The Morgan fingerprint density at radius 1 is 1.06 bits per heavy atom. The molecule has 2 aromatic carbocycles. The molecule has 1 amide bonds. The summed E-state index contributed by atoms with van der Waals surface area (Å²) in [6.07, 6.45) is 0.318. The number of ether oxygens (including phenoxy) is 2. The van der Waals surface area contributed by atoms with Crippen LogP contribution in [0.5, 0.6) is 0 Å². The molecule has 1 unspecified atom stereocenters. The van der Waals surface area contributed by atoms with Crippen molar-refractivity contribution in [3.63, 3.8) is 0 Å². The molecule has 0 fully saturated rings. The van der Waals surface area contributed by atoms with E-state index >= 15 is 0 Å². The van der Waals surface area contributed by atoms with Crippen LogP contribution >= 0.6 is 0 Å². The molecule has 0 aliphatic rings. The molecule has 162 valence electrons. The fourth-order valence-electron chi connectivity index (χ4n) is 3.25. The van der Waals surface area contributed by atoms with Crippen LogP contribution in [-0.2, 0) is 33.8 Å². The molecule has 0 aliphatic carbocycles. The lowest BCUT2D eigenvalue weighted by molar-refractivity contribution is -0.153. The van der Waals surface area contributed by atoms with Gasteiger partial charge in [0.1, 0.15) is 6.61 Å². The zero-order valence-corrected chi connectivity index (χ0v) is 17.6. The van der Waals surface area contributed by atoms with Gasteiger partial charge in [0.2, 0.25) is 0 Å². The van der Waals surface area contributed by atoms with Crippen LogP contribution in [0.3, 0.4) is 0 Å². The zero-order chi connectivity index (χ0) is 22.2. The molecule has 0 saturated carbocycles. The van der Waals surface area contributed by atoms with E-state index < -0.39 is 18.2 Å². The van der Waals surface area contributed by atoms with Crippen molar-refractivity contribution < 1.29 is 24.2 Å². The number of nitrogens with zero attached hydrogens (tertiary/aromatic N) is 1. The zero-order valence-electron chi connectivity index (χ0n) is 17.6. The Morgan fingerprint density at radius 3 is 2.61 bits per heavy atom. The molecule has 0 saturated heterocycles. The molecule has 1 heterocycles. The first-order chi connectivity index (χ1) is 14.9. The number of hydrogen-bond donors (Lipinski definition) is 2. The number of benzene rings is 2. The maximum atomic E-state index is 12.2. The smallest absolute Gasteiger partial charge is 0.407 e. The van der Waals surface area contributed by atoms with E-state index in [-0.39, 0.29) is 25.7 Å². The third kappa shape index (κ3) is 6.52. The number of nitrogens with one attached hydrogen (secondary N) is 1. The number of fused-ring (bicyclic) bond motifs is 1. The number of hydrogen-bond acceptors (Lipinski definition) is 5. The number of pyridine rings is 1. The SMILES string of the molecule is CC(C)OC(Cc1cccc(CNC(=O)OCc2ccnc3ccccc23)c1)C(=O)O. The largest absolute Gasteiger partial charge is 0.479 e. The van der Waals surface area contributed by atoms with Gasteiger partial charge in [0.15, 0.2) is 6.10 Å². The van der Waals surface area contributed by atoms with Crippen LogP contribution in [0.25, 0.3) is 10.9 Å². The van der Waals surface area contributed by atoms with E-state index in [0.29, 0.717) is 0 Å². The van der Waals surface area contributed by atoms with Crippen molar-refractivity contribution in [1.29, 1.82) is 0 Å². The van der Waals surface area contributed by atoms with Gasteiger partial charge in [0.25, 0.3) is 0 Å². The Balaban J connectivity index is 1.54. The molecule has 31 heavy (non-hydrogen) atoms. The van der Waals surface area contributed by atoms with E-state index in [1.54, 1.807) is 20.0 Å². The molecule has 0 aliphatic heterocycles.